The Morgan fingerprint density at radius 1 is 1.12 bits per heavy atom. The molecule has 3 amide bonds. The van der Waals surface area contributed by atoms with E-state index in [1.54, 1.807) is 41.0 Å². The van der Waals surface area contributed by atoms with Gasteiger partial charge in [-0.3, -0.25) is 14.7 Å². The maximum atomic E-state index is 12.0. The summed E-state index contributed by atoms with van der Waals surface area (Å²) in [6, 6.07) is 15.5. The van der Waals surface area contributed by atoms with Gasteiger partial charge in [0, 0.05) is 10.7 Å². The number of urea groups is 1. The number of amides is 3. The number of rotatable bonds is 5. The molecule has 0 saturated carbocycles. The summed E-state index contributed by atoms with van der Waals surface area (Å²) in [5, 5.41) is 13.8. The highest BCUT2D eigenvalue weighted by atomic mass is 35.5. The Kier molecular flexibility index (Phi) is 5.88. The van der Waals surface area contributed by atoms with Crippen molar-refractivity contribution in [3.63, 3.8) is 0 Å². The highest BCUT2D eigenvalue weighted by molar-refractivity contribution is 7.99. The van der Waals surface area contributed by atoms with E-state index in [4.69, 9.17) is 11.6 Å². The van der Waals surface area contributed by atoms with Crippen LogP contribution in [0, 0.1) is 0 Å². The summed E-state index contributed by atoms with van der Waals surface area (Å²) in [7, 11) is 0. The minimum Gasteiger partial charge on any atom is -0.308 e. The number of benzene rings is 2. The minimum atomic E-state index is -0.585. The van der Waals surface area contributed by atoms with Crippen molar-refractivity contribution < 1.29 is 9.59 Å². The van der Waals surface area contributed by atoms with Gasteiger partial charge in [-0.2, -0.15) is 0 Å². The fourth-order valence-corrected chi connectivity index (χ4v) is 3.02. The molecule has 26 heavy (non-hydrogen) atoms. The third-order valence-electron chi connectivity index (χ3n) is 3.22. The number of aromatic nitrogens is 3. The van der Waals surface area contributed by atoms with Crippen LogP contribution in [-0.2, 0) is 4.79 Å². The maximum absolute atomic E-state index is 12.0. The second kappa shape index (κ2) is 8.50. The van der Waals surface area contributed by atoms with E-state index in [2.05, 4.69) is 20.8 Å². The molecular formula is C17H14ClN5O2S. The van der Waals surface area contributed by atoms with Crippen molar-refractivity contribution in [3.8, 4) is 5.69 Å². The van der Waals surface area contributed by atoms with E-state index in [0.29, 0.717) is 15.9 Å². The van der Waals surface area contributed by atoms with Crippen molar-refractivity contribution >= 4 is 41.0 Å². The number of nitrogens with zero attached hydrogens (tertiary/aromatic N) is 3. The Labute approximate surface area is 158 Å². The smallest absolute Gasteiger partial charge is 0.308 e. The fraction of sp³-hybridized carbons (Fsp3) is 0.0588. The van der Waals surface area contributed by atoms with Gasteiger partial charge in [-0.15, -0.1) is 10.2 Å². The monoisotopic (exact) mass is 387 g/mol. The maximum Gasteiger partial charge on any atom is 0.325 e. The van der Waals surface area contributed by atoms with Crippen molar-refractivity contribution in [2.45, 2.75) is 5.16 Å². The van der Waals surface area contributed by atoms with Crippen molar-refractivity contribution in [2.75, 3.05) is 11.1 Å². The molecule has 0 spiro atoms. The summed E-state index contributed by atoms with van der Waals surface area (Å²) < 4.78 is 1.72. The first-order chi connectivity index (χ1) is 12.6. The summed E-state index contributed by atoms with van der Waals surface area (Å²) >= 11 is 7.16. The van der Waals surface area contributed by atoms with E-state index in [9.17, 15) is 9.59 Å². The van der Waals surface area contributed by atoms with E-state index in [1.807, 2.05) is 18.2 Å². The molecule has 1 heterocycles. The van der Waals surface area contributed by atoms with Crippen LogP contribution >= 0.6 is 23.4 Å². The Balaban J connectivity index is 1.55. The summed E-state index contributed by atoms with van der Waals surface area (Å²) in [5.41, 5.74) is 1.39. The van der Waals surface area contributed by atoms with E-state index in [-0.39, 0.29) is 5.75 Å². The van der Waals surface area contributed by atoms with Gasteiger partial charge in [-0.25, -0.2) is 4.79 Å². The van der Waals surface area contributed by atoms with E-state index < -0.39 is 11.9 Å². The summed E-state index contributed by atoms with van der Waals surface area (Å²) in [5.74, 6) is -0.425. The lowest BCUT2D eigenvalue weighted by molar-refractivity contribution is -0.117. The second-order valence-corrected chi connectivity index (χ2v) is 6.50. The number of hydrogen-bond donors (Lipinski definition) is 2. The van der Waals surface area contributed by atoms with Gasteiger partial charge < -0.3 is 5.32 Å². The molecule has 3 rings (SSSR count). The summed E-state index contributed by atoms with van der Waals surface area (Å²) in [6.45, 7) is 0. The standard InChI is InChI=1S/C17H14ClN5O2S/c18-12-5-4-8-14(9-12)23-11-19-22-17(23)26-10-15(24)21-16(25)20-13-6-2-1-3-7-13/h1-9,11H,10H2,(H2,20,21,24,25). The van der Waals surface area contributed by atoms with Crippen molar-refractivity contribution in [1.29, 1.82) is 0 Å². The van der Waals surface area contributed by atoms with Gasteiger partial charge in [-0.1, -0.05) is 47.6 Å². The predicted molar refractivity (Wildman–Crippen MR) is 101 cm³/mol. The van der Waals surface area contributed by atoms with Crippen molar-refractivity contribution in [3.05, 3.63) is 65.9 Å². The topological polar surface area (TPSA) is 88.9 Å². The van der Waals surface area contributed by atoms with Crippen LogP contribution in [0.25, 0.3) is 5.69 Å². The molecule has 0 unspecified atom stereocenters. The van der Waals surface area contributed by atoms with Gasteiger partial charge in [0.25, 0.3) is 0 Å². The third-order valence-corrected chi connectivity index (χ3v) is 4.40. The second-order valence-electron chi connectivity index (χ2n) is 5.12. The molecule has 0 aliphatic carbocycles. The summed E-state index contributed by atoms with van der Waals surface area (Å²) in [4.78, 5) is 23.8. The van der Waals surface area contributed by atoms with Gasteiger partial charge in [0.1, 0.15) is 6.33 Å². The molecule has 7 nitrogen and oxygen atoms in total. The van der Waals surface area contributed by atoms with Crippen molar-refractivity contribution in [1.82, 2.24) is 20.1 Å². The molecule has 0 saturated heterocycles. The van der Waals surface area contributed by atoms with Crippen LogP contribution < -0.4 is 10.6 Å². The van der Waals surface area contributed by atoms with Gasteiger partial charge >= 0.3 is 6.03 Å². The lowest BCUT2D eigenvalue weighted by atomic mass is 10.3. The van der Waals surface area contributed by atoms with E-state index in [1.165, 1.54) is 18.1 Å². The number of anilines is 1. The number of hydrogen-bond acceptors (Lipinski definition) is 5. The molecule has 1 aromatic heterocycles. The Morgan fingerprint density at radius 2 is 1.92 bits per heavy atom. The van der Waals surface area contributed by atoms with Crippen molar-refractivity contribution in [2.24, 2.45) is 0 Å². The van der Waals surface area contributed by atoms with Gasteiger partial charge in [0.05, 0.1) is 11.4 Å². The van der Waals surface area contributed by atoms with E-state index >= 15 is 0 Å². The molecule has 0 aliphatic rings. The van der Waals surface area contributed by atoms with E-state index in [0.717, 1.165) is 5.69 Å². The van der Waals surface area contributed by atoms with Crippen LogP contribution in [0.2, 0.25) is 5.02 Å². The van der Waals surface area contributed by atoms with Crippen LogP contribution in [0.3, 0.4) is 0 Å². The number of thioether (sulfide) groups is 1. The molecule has 0 aliphatic heterocycles. The normalized spacial score (nSPS) is 10.3. The zero-order valence-electron chi connectivity index (χ0n) is 13.4. The predicted octanol–water partition coefficient (Wildman–Crippen LogP) is 3.36. The highest BCUT2D eigenvalue weighted by Crippen LogP contribution is 2.21. The average Bonchev–Trinajstić information content (AvgIpc) is 3.09. The SMILES string of the molecule is O=C(CSc1nncn1-c1cccc(Cl)c1)NC(=O)Nc1ccccc1. The number of halogens is 1. The Hall–Kier alpha value is -2.84. The molecule has 2 aromatic carbocycles. The molecule has 132 valence electrons. The van der Waals surface area contributed by atoms with Crippen LogP contribution in [0.4, 0.5) is 10.5 Å². The largest absolute Gasteiger partial charge is 0.325 e. The summed E-state index contributed by atoms with van der Waals surface area (Å²) in [6.07, 6.45) is 1.54. The lowest BCUT2D eigenvalue weighted by Crippen LogP contribution is -2.35. The first-order valence-corrected chi connectivity index (χ1v) is 8.93. The first kappa shape index (κ1) is 18.0. The number of nitrogens with one attached hydrogen (secondary N) is 2. The number of carbonyl (C=O) groups excluding carboxylic acids is 2. The molecule has 0 radical (unpaired) electrons. The highest BCUT2D eigenvalue weighted by Gasteiger charge is 2.12. The Bertz CT molecular complexity index is 916. The van der Waals surface area contributed by atoms with Crippen LogP contribution in [0.15, 0.2) is 66.1 Å². The zero-order valence-corrected chi connectivity index (χ0v) is 15.0. The molecule has 2 N–H and O–H groups in total. The fourth-order valence-electron chi connectivity index (χ4n) is 2.10. The third kappa shape index (κ3) is 4.84. The number of carbonyl (C=O) groups is 2. The number of imide groups is 1. The van der Waals surface area contributed by atoms with Gasteiger partial charge in [0.2, 0.25) is 5.91 Å². The molecule has 3 aromatic rings. The van der Waals surface area contributed by atoms with Gasteiger partial charge in [0.15, 0.2) is 5.16 Å². The van der Waals surface area contributed by atoms with Crippen LogP contribution in [0.1, 0.15) is 0 Å². The molecule has 0 bridgehead atoms. The molecule has 0 atom stereocenters. The first-order valence-electron chi connectivity index (χ1n) is 7.56. The van der Waals surface area contributed by atoms with Crippen LogP contribution in [-0.4, -0.2) is 32.5 Å². The van der Waals surface area contributed by atoms with Crippen LogP contribution in [0.5, 0.6) is 0 Å². The minimum absolute atomic E-state index is 0.0153. The Morgan fingerprint density at radius 3 is 2.69 bits per heavy atom. The average molecular weight is 388 g/mol. The number of para-hydroxylation sites is 1. The zero-order chi connectivity index (χ0) is 18.4. The molecular weight excluding hydrogens is 374 g/mol. The quantitative estimate of drug-likeness (QED) is 0.655. The molecule has 9 heteroatoms. The van der Waals surface area contributed by atoms with Gasteiger partial charge in [-0.05, 0) is 30.3 Å². The lowest BCUT2D eigenvalue weighted by Gasteiger charge is -2.08. The molecule has 0 fully saturated rings.